The van der Waals surface area contributed by atoms with Crippen LogP contribution in [0.5, 0.6) is 5.75 Å². The van der Waals surface area contributed by atoms with Crippen LogP contribution in [-0.2, 0) is 27.8 Å². The first-order valence-electron chi connectivity index (χ1n) is 15.1. The van der Waals surface area contributed by atoms with Crippen molar-refractivity contribution in [2.45, 2.75) is 119 Å². The minimum atomic E-state index is -1.19. The fourth-order valence-corrected chi connectivity index (χ4v) is 8.17. The fourth-order valence-electron chi connectivity index (χ4n) is 8.17. The van der Waals surface area contributed by atoms with Gasteiger partial charge in [0.05, 0.1) is 17.6 Å². The molecule has 1 aromatic carbocycles. The largest absolute Gasteiger partial charge is 0.505 e. The molecule has 4 atom stereocenters. The van der Waals surface area contributed by atoms with Crippen molar-refractivity contribution in [3.8, 4) is 5.75 Å². The third-order valence-electron chi connectivity index (χ3n) is 10.2. The second kappa shape index (κ2) is 10.5. The molecule has 3 aliphatic carbocycles. The first-order valence-corrected chi connectivity index (χ1v) is 15.1. The molecule has 2 saturated carbocycles. The maximum absolute atomic E-state index is 13.2. The lowest BCUT2D eigenvalue weighted by molar-refractivity contribution is -0.188. The van der Waals surface area contributed by atoms with Gasteiger partial charge in [-0.2, -0.15) is 0 Å². The van der Waals surface area contributed by atoms with Gasteiger partial charge in [-0.05, 0) is 75.0 Å². The van der Waals surface area contributed by atoms with E-state index in [0.717, 1.165) is 76.1 Å². The Bertz CT molecular complexity index is 1070. The number of benzene rings is 1. The van der Waals surface area contributed by atoms with E-state index in [-0.39, 0.29) is 11.8 Å². The quantitative estimate of drug-likeness (QED) is 0.271. The summed E-state index contributed by atoms with van der Waals surface area (Å²) in [5.41, 5.74) is 2.24. The Morgan fingerprint density at radius 3 is 2.53 bits per heavy atom. The first kappa shape index (κ1) is 26.1. The standard InChI is InChI=1S/C31H43NO6/c33-24-14-15-31(36)25-19-23-13-12-22(9-7-5-3-1-2-4-6-8-18-37-29(34)35)27-26(23)30(31,28(24)38-27)16-17-32(25)20-21-10-11-21/h12-13,21,25,28,36H,1-11,14-20H2,(H,34,35)/t25?,28-,30-,31+/m0/s1. The van der Waals surface area contributed by atoms with E-state index in [1.165, 1.54) is 48.8 Å². The lowest BCUT2D eigenvalue weighted by Crippen LogP contribution is -2.76. The van der Waals surface area contributed by atoms with Crippen molar-refractivity contribution in [1.82, 2.24) is 4.90 Å². The van der Waals surface area contributed by atoms with E-state index in [0.29, 0.717) is 19.4 Å². The third-order valence-corrected chi connectivity index (χ3v) is 10.2. The van der Waals surface area contributed by atoms with E-state index >= 15 is 0 Å². The second-order valence-electron chi connectivity index (χ2n) is 12.5. The van der Waals surface area contributed by atoms with E-state index in [9.17, 15) is 14.7 Å². The van der Waals surface area contributed by atoms with Gasteiger partial charge in [0.2, 0.25) is 0 Å². The molecule has 2 aliphatic heterocycles. The number of rotatable bonds is 13. The van der Waals surface area contributed by atoms with E-state index in [1.807, 2.05) is 0 Å². The van der Waals surface area contributed by atoms with Crippen LogP contribution in [0.2, 0.25) is 0 Å². The van der Waals surface area contributed by atoms with Crippen molar-refractivity contribution in [1.29, 1.82) is 0 Å². The normalized spacial score (nSPS) is 31.1. The highest BCUT2D eigenvalue weighted by Crippen LogP contribution is 2.64. The number of Topliss-reactive ketones (excluding diaryl/α,β-unsaturated/α-hetero) is 1. The Kier molecular flexibility index (Phi) is 7.19. The molecule has 2 heterocycles. The fraction of sp³-hybridized carbons (Fsp3) is 0.742. The first-order chi connectivity index (χ1) is 18.4. The van der Waals surface area contributed by atoms with Gasteiger partial charge in [-0.1, -0.05) is 50.7 Å². The van der Waals surface area contributed by atoms with Crippen LogP contribution in [0.4, 0.5) is 4.79 Å². The number of carboxylic acid groups (broad SMARTS) is 1. The lowest BCUT2D eigenvalue weighted by Gasteiger charge is -2.62. The summed E-state index contributed by atoms with van der Waals surface area (Å²) in [6.07, 6.45) is 13.2. The van der Waals surface area contributed by atoms with Gasteiger partial charge in [-0.15, -0.1) is 0 Å². The number of unbranched alkanes of at least 4 members (excludes halogenated alkanes) is 7. The maximum Gasteiger partial charge on any atom is 0.505 e. The number of hydrogen-bond acceptors (Lipinski definition) is 6. The Morgan fingerprint density at radius 2 is 1.79 bits per heavy atom. The number of aliphatic hydroxyl groups is 1. The van der Waals surface area contributed by atoms with Gasteiger partial charge >= 0.3 is 6.16 Å². The summed E-state index contributed by atoms with van der Waals surface area (Å²) >= 11 is 0. The van der Waals surface area contributed by atoms with Gasteiger partial charge < -0.3 is 19.7 Å². The number of hydrogen-bond donors (Lipinski definition) is 2. The van der Waals surface area contributed by atoms with Crippen LogP contribution < -0.4 is 4.74 Å². The summed E-state index contributed by atoms with van der Waals surface area (Å²) in [6, 6.07) is 4.60. The third kappa shape index (κ3) is 4.43. The Labute approximate surface area is 225 Å². The van der Waals surface area contributed by atoms with Crippen molar-refractivity contribution in [3.05, 3.63) is 28.8 Å². The molecule has 0 radical (unpaired) electrons. The molecule has 0 amide bonds. The van der Waals surface area contributed by atoms with Crippen molar-refractivity contribution < 1.29 is 29.3 Å². The molecule has 208 valence electrons. The van der Waals surface area contributed by atoms with Crippen molar-refractivity contribution >= 4 is 11.9 Å². The number of carbonyl (C=O) groups excluding carboxylic acids is 1. The monoisotopic (exact) mass is 525 g/mol. The van der Waals surface area contributed by atoms with Crippen molar-refractivity contribution in [2.75, 3.05) is 19.7 Å². The van der Waals surface area contributed by atoms with Gasteiger partial charge in [-0.3, -0.25) is 9.69 Å². The Hall–Kier alpha value is -2.12. The molecule has 1 saturated heterocycles. The zero-order valence-electron chi connectivity index (χ0n) is 22.6. The molecule has 0 aromatic heterocycles. The predicted molar refractivity (Wildman–Crippen MR) is 143 cm³/mol. The molecular weight excluding hydrogens is 482 g/mol. The van der Waals surface area contributed by atoms with Crippen LogP contribution in [0.25, 0.3) is 0 Å². The number of nitrogens with zero attached hydrogens (tertiary/aromatic N) is 1. The Balaban J connectivity index is 1.09. The molecule has 2 N–H and O–H groups in total. The molecule has 2 bridgehead atoms. The van der Waals surface area contributed by atoms with Gasteiger partial charge in [0.25, 0.3) is 0 Å². The summed E-state index contributed by atoms with van der Waals surface area (Å²) in [5, 5.41) is 20.9. The Morgan fingerprint density at radius 1 is 1.05 bits per heavy atom. The van der Waals surface area contributed by atoms with E-state index in [4.69, 9.17) is 9.84 Å². The number of likely N-dealkylation sites (tertiary alicyclic amines) is 1. The van der Waals surface area contributed by atoms with Crippen LogP contribution in [0.1, 0.15) is 100 Å². The second-order valence-corrected chi connectivity index (χ2v) is 12.5. The van der Waals surface area contributed by atoms with Crippen molar-refractivity contribution in [2.24, 2.45) is 5.92 Å². The van der Waals surface area contributed by atoms with Gasteiger partial charge in [0.15, 0.2) is 11.9 Å². The number of ketones is 1. The number of carbonyl (C=O) groups is 2. The molecule has 3 fully saturated rings. The number of ether oxygens (including phenoxy) is 2. The van der Waals surface area contributed by atoms with Crippen LogP contribution in [0.3, 0.4) is 0 Å². The maximum atomic E-state index is 13.2. The molecule has 5 aliphatic rings. The summed E-state index contributed by atoms with van der Waals surface area (Å²) in [4.78, 5) is 26.1. The van der Waals surface area contributed by atoms with Gasteiger partial charge in [0.1, 0.15) is 5.75 Å². The van der Waals surface area contributed by atoms with Crippen LogP contribution >= 0.6 is 0 Å². The minimum Gasteiger partial charge on any atom is -0.481 e. The summed E-state index contributed by atoms with van der Waals surface area (Å²) in [5.74, 6) is 1.89. The summed E-state index contributed by atoms with van der Waals surface area (Å²) in [6.45, 7) is 2.33. The van der Waals surface area contributed by atoms with Crippen LogP contribution in [0.15, 0.2) is 12.1 Å². The molecule has 1 spiro atoms. The van der Waals surface area contributed by atoms with Crippen molar-refractivity contribution in [3.63, 3.8) is 0 Å². The molecule has 1 aromatic rings. The number of piperidine rings is 1. The average Bonchev–Trinajstić information content (AvgIpc) is 3.63. The highest BCUT2D eigenvalue weighted by molar-refractivity contribution is 5.89. The van der Waals surface area contributed by atoms with E-state index in [2.05, 4.69) is 21.8 Å². The zero-order valence-corrected chi connectivity index (χ0v) is 22.6. The lowest BCUT2D eigenvalue weighted by atomic mass is 9.49. The van der Waals surface area contributed by atoms with Crippen LogP contribution in [-0.4, -0.2) is 64.5 Å². The van der Waals surface area contributed by atoms with Gasteiger partial charge in [-0.25, -0.2) is 4.79 Å². The molecule has 7 nitrogen and oxygen atoms in total. The topological polar surface area (TPSA) is 96.3 Å². The predicted octanol–water partition coefficient (Wildman–Crippen LogP) is 5.18. The average molecular weight is 526 g/mol. The van der Waals surface area contributed by atoms with Crippen LogP contribution in [0, 0.1) is 5.92 Å². The highest BCUT2D eigenvalue weighted by Gasteiger charge is 2.73. The number of aryl methyl sites for hydroxylation is 1. The molecule has 6 rings (SSSR count). The van der Waals surface area contributed by atoms with E-state index < -0.39 is 23.3 Å². The molecule has 38 heavy (non-hydrogen) atoms. The minimum absolute atomic E-state index is 0.0880. The molecule has 7 heteroatoms. The highest BCUT2D eigenvalue weighted by atomic mass is 16.7. The molecular formula is C31H43NO6. The summed E-state index contributed by atoms with van der Waals surface area (Å²) in [7, 11) is 0. The summed E-state index contributed by atoms with van der Waals surface area (Å²) < 4.78 is 11.1. The smallest absolute Gasteiger partial charge is 0.481 e. The van der Waals surface area contributed by atoms with E-state index in [1.54, 1.807) is 0 Å². The zero-order chi connectivity index (χ0) is 26.3. The SMILES string of the molecule is O=C(O)OCCCCCCCCCCc1ccc2c3c1O[C@H]1C(=O)CC[C@@]4(O)C(C2)N(CC2CC2)CC[C@]314. The molecule has 1 unspecified atom stereocenters. The van der Waals surface area contributed by atoms with Gasteiger partial charge in [0, 0.05) is 24.6 Å².